The van der Waals surface area contributed by atoms with E-state index in [2.05, 4.69) is 5.32 Å². The molecule has 0 aliphatic carbocycles. The zero-order chi connectivity index (χ0) is 15.1. The fourth-order valence-corrected chi connectivity index (χ4v) is 2.13. The van der Waals surface area contributed by atoms with Crippen molar-refractivity contribution in [2.45, 2.75) is 37.6 Å². The summed E-state index contributed by atoms with van der Waals surface area (Å²) in [4.78, 5) is 10.8. The average molecular weight is 289 g/mol. The van der Waals surface area contributed by atoms with Crippen LogP contribution in [0.5, 0.6) is 0 Å². The van der Waals surface area contributed by atoms with Crippen LogP contribution in [0.2, 0.25) is 0 Å². The number of hydrogen-bond acceptors (Lipinski definition) is 7. The molecule has 0 aromatic rings. The fraction of sp³-hybridized carbons (Fsp3) is 0.769. The van der Waals surface area contributed by atoms with Gasteiger partial charge in [0.15, 0.2) is 12.1 Å². The minimum Gasteiger partial charge on any atom is -0.388 e. The van der Waals surface area contributed by atoms with Crippen LogP contribution in [0.25, 0.3) is 0 Å². The summed E-state index contributed by atoms with van der Waals surface area (Å²) in [7, 11) is 4.51. The highest BCUT2D eigenvalue weighted by atomic mass is 16.7. The molecule has 0 amide bonds. The van der Waals surface area contributed by atoms with Crippen molar-refractivity contribution in [3.63, 3.8) is 0 Å². The molecule has 0 saturated carbocycles. The first-order valence-corrected chi connectivity index (χ1v) is 6.37. The van der Waals surface area contributed by atoms with E-state index < -0.39 is 30.7 Å². The number of ether oxygens (including phenoxy) is 4. The number of allylic oxidation sites excluding steroid dienone is 1. The molecule has 1 rings (SSSR count). The number of methoxy groups -OCH3 is 3. The van der Waals surface area contributed by atoms with Crippen LogP contribution in [0.1, 0.15) is 6.92 Å². The normalized spacial score (nSPS) is 34.4. The van der Waals surface area contributed by atoms with Gasteiger partial charge in [-0.3, -0.25) is 4.79 Å². The molecule has 1 saturated heterocycles. The predicted molar refractivity (Wildman–Crippen MR) is 71.1 cm³/mol. The molecular weight excluding hydrogens is 266 g/mol. The topological polar surface area (TPSA) is 86.3 Å². The van der Waals surface area contributed by atoms with Gasteiger partial charge in [-0.15, -0.1) is 0 Å². The maximum Gasteiger partial charge on any atom is 0.186 e. The van der Waals surface area contributed by atoms with E-state index in [1.54, 1.807) is 0 Å². The van der Waals surface area contributed by atoms with E-state index in [4.69, 9.17) is 18.9 Å². The maximum absolute atomic E-state index is 10.8. The van der Waals surface area contributed by atoms with E-state index in [1.807, 2.05) is 0 Å². The van der Waals surface area contributed by atoms with Crippen LogP contribution in [-0.4, -0.2) is 69.5 Å². The first-order valence-electron chi connectivity index (χ1n) is 6.37. The Morgan fingerprint density at radius 3 is 2.40 bits per heavy atom. The van der Waals surface area contributed by atoms with Crippen molar-refractivity contribution in [2.24, 2.45) is 0 Å². The summed E-state index contributed by atoms with van der Waals surface area (Å²) in [5.74, 6) is -0.0633. The Hall–Kier alpha value is -0.990. The zero-order valence-corrected chi connectivity index (χ0v) is 12.2. The summed E-state index contributed by atoms with van der Waals surface area (Å²) in [6, 6.07) is 0. The van der Waals surface area contributed by atoms with Gasteiger partial charge in [0.1, 0.15) is 24.4 Å². The molecule has 5 atom stereocenters. The molecule has 7 nitrogen and oxygen atoms in total. The van der Waals surface area contributed by atoms with Crippen molar-refractivity contribution in [1.29, 1.82) is 0 Å². The lowest BCUT2D eigenvalue weighted by Gasteiger charge is -2.42. The molecule has 116 valence electrons. The van der Waals surface area contributed by atoms with Gasteiger partial charge < -0.3 is 29.4 Å². The molecule has 0 aromatic heterocycles. The third-order valence-electron chi connectivity index (χ3n) is 3.15. The van der Waals surface area contributed by atoms with Gasteiger partial charge in [-0.25, -0.2) is 0 Å². The van der Waals surface area contributed by atoms with Gasteiger partial charge in [0.2, 0.25) is 0 Å². The van der Waals surface area contributed by atoms with Crippen LogP contribution in [0.15, 0.2) is 12.3 Å². The summed E-state index contributed by atoms with van der Waals surface area (Å²) in [6.07, 6.45) is -0.176. The van der Waals surface area contributed by atoms with Crippen molar-refractivity contribution in [1.82, 2.24) is 5.32 Å². The lowest BCUT2D eigenvalue weighted by Crippen LogP contribution is -2.61. The molecule has 1 heterocycles. The molecule has 0 spiro atoms. The highest BCUT2D eigenvalue weighted by molar-refractivity contribution is 5.87. The van der Waals surface area contributed by atoms with Gasteiger partial charge in [-0.2, -0.15) is 0 Å². The largest absolute Gasteiger partial charge is 0.388 e. The van der Waals surface area contributed by atoms with E-state index in [0.29, 0.717) is 6.54 Å². The number of nitrogens with one attached hydrogen (secondary N) is 1. The summed E-state index contributed by atoms with van der Waals surface area (Å²) < 4.78 is 21.4. The van der Waals surface area contributed by atoms with Crippen molar-refractivity contribution in [3.8, 4) is 0 Å². The van der Waals surface area contributed by atoms with Crippen LogP contribution in [0.4, 0.5) is 0 Å². The number of aliphatic hydroxyl groups excluding tert-OH is 1. The molecule has 1 aliphatic rings. The maximum atomic E-state index is 10.8. The number of carbonyl (C=O) groups excluding carboxylic acids is 1. The van der Waals surface area contributed by atoms with Crippen LogP contribution < -0.4 is 5.32 Å². The van der Waals surface area contributed by atoms with E-state index >= 15 is 0 Å². The second kappa shape index (κ2) is 8.33. The molecule has 2 N–H and O–H groups in total. The van der Waals surface area contributed by atoms with Gasteiger partial charge in [0, 0.05) is 34.1 Å². The summed E-state index contributed by atoms with van der Waals surface area (Å²) in [5.41, 5.74) is 0. The molecule has 0 bridgehead atoms. The second-order valence-electron chi connectivity index (χ2n) is 4.52. The first-order chi connectivity index (χ1) is 9.54. The Bertz CT molecular complexity index is 335. The first kappa shape index (κ1) is 17.1. The smallest absolute Gasteiger partial charge is 0.186 e. The quantitative estimate of drug-likeness (QED) is 0.608. The molecule has 1 fully saturated rings. The Kier molecular flexibility index (Phi) is 7.11. The third-order valence-corrected chi connectivity index (χ3v) is 3.15. The molecule has 20 heavy (non-hydrogen) atoms. The van der Waals surface area contributed by atoms with Gasteiger partial charge in [-0.1, -0.05) is 0 Å². The summed E-state index contributed by atoms with van der Waals surface area (Å²) >= 11 is 0. The summed E-state index contributed by atoms with van der Waals surface area (Å²) in [5, 5.41) is 13.1. The van der Waals surface area contributed by atoms with Gasteiger partial charge in [-0.05, 0) is 13.0 Å². The number of rotatable bonds is 7. The Morgan fingerprint density at radius 1 is 1.25 bits per heavy atom. The van der Waals surface area contributed by atoms with Crippen molar-refractivity contribution < 1.29 is 28.8 Å². The van der Waals surface area contributed by atoms with E-state index in [-0.39, 0.29) is 5.78 Å². The van der Waals surface area contributed by atoms with Crippen LogP contribution >= 0.6 is 0 Å². The Balaban J connectivity index is 2.65. The number of carbonyl (C=O) groups is 1. The van der Waals surface area contributed by atoms with Crippen molar-refractivity contribution in [2.75, 3.05) is 27.9 Å². The van der Waals surface area contributed by atoms with E-state index in [0.717, 1.165) is 0 Å². The van der Waals surface area contributed by atoms with Crippen molar-refractivity contribution in [3.05, 3.63) is 12.3 Å². The molecule has 0 unspecified atom stereocenters. The van der Waals surface area contributed by atoms with Gasteiger partial charge in [0.05, 0.1) is 0 Å². The second-order valence-corrected chi connectivity index (χ2v) is 4.52. The molecule has 0 radical (unpaired) electrons. The Labute approximate surface area is 118 Å². The van der Waals surface area contributed by atoms with Crippen molar-refractivity contribution >= 4 is 5.78 Å². The molecule has 0 aromatic carbocycles. The third kappa shape index (κ3) is 4.26. The molecular formula is C13H23NO6. The van der Waals surface area contributed by atoms with Crippen LogP contribution in [0, 0.1) is 0 Å². The predicted octanol–water partition coefficient (Wildman–Crippen LogP) is -0.559. The number of ketones is 1. The highest BCUT2D eigenvalue weighted by Gasteiger charge is 2.45. The fourth-order valence-electron chi connectivity index (χ4n) is 2.13. The standard InChI is InChI=1S/C13H23NO6/c1-8(15)5-6-14-7-9-10(16)11(17-2)12(18-3)13(19-4)20-9/h5-6,9-14,16H,7H2,1-4H3/b6-5-/t9-,10-,11+,12-,13+/m1/s1. The molecule has 7 heteroatoms. The Morgan fingerprint density at radius 2 is 1.90 bits per heavy atom. The SMILES string of the molecule is CO[C@H]1O[C@H](CN/C=C\C(C)=O)[C@@H](O)[C@H](OC)[C@H]1OC. The minimum atomic E-state index is -0.866. The lowest BCUT2D eigenvalue weighted by molar-refractivity contribution is -0.297. The van der Waals surface area contributed by atoms with Gasteiger partial charge in [0.25, 0.3) is 0 Å². The van der Waals surface area contributed by atoms with Crippen LogP contribution in [0.3, 0.4) is 0 Å². The highest BCUT2D eigenvalue weighted by Crippen LogP contribution is 2.25. The van der Waals surface area contributed by atoms with E-state index in [9.17, 15) is 9.90 Å². The molecule has 1 aliphatic heterocycles. The monoisotopic (exact) mass is 289 g/mol. The van der Waals surface area contributed by atoms with Crippen LogP contribution in [-0.2, 0) is 23.7 Å². The zero-order valence-electron chi connectivity index (χ0n) is 12.2. The van der Waals surface area contributed by atoms with Gasteiger partial charge >= 0.3 is 0 Å². The lowest BCUT2D eigenvalue weighted by atomic mass is 9.98. The summed E-state index contributed by atoms with van der Waals surface area (Å²) in [6.45, 7) is 1.77. The van der Waals surface area contributed by atoms with E-state index in [1.165, 1.54) is 40.5 Å². The number of aliphatic hydroxyl groups is 1. The minimum absolute atomic E-state index is 0.0633. The number of hydrogen-bond donors (Lipinski definition) is 2. The average Bonchev–Trinajstić information content (AvgIpc) is 2.43.